The van der Waals surface area contributed by atoms with Gasteiger partial charge in [-0.1, -0.05) is 18.6 Å². The number of allylic oxidation sites excluding steroid dienone is 2. The summed E-state index contributed by atoms with van der Waals surface area (Å²) in [6.45, 7) is 4.48. The van der Waals surface area contributed by atoms with Crippen molar-refractivity contribution in [1.29, 1.82) is 0 Å². The van der Waals surface area contributed by atoms with Crippen LogP contribution in [-0.2, 0) is 0 Å². The first-order valence-electron chi connectivity index (χ1n) is 5.53. The second-order valence-corrected chi connectivity index (χ2v) is 4.79. The number of aliphatic hydroxyl groups excluding tert-OH is 2. The Hall–Kier alpha value is -0.340. The summed E-state index contributed by atoms with van der Waals surface area (Å²) >= 11 is 0. The van der Waals surface area contributed by atoms with Gasteiger partial charge in [-0.15, -0.1) is 0 Å². The van der Waals surface area contributed by atoms with Gasteiger partial charge in [0, 0.05) is 6.61 Å². The van der Waals surface area contributed by atoms with Crippen molar-refractivity contribution in [3.8, 4) is 0 Å². The van der Waals surface area contributed by atoms with E-state index in [2.05, 4.69) is 19.9 Å². The molecular formula is C12H22O2. The molecule has 2 nitrogen and oxygen atoms in total. The van der Waals surface area contributed by atoms with Crippen LogP contribution in [0.2, 0.25) is 0 Å². The van der Waals surface area contributed by atoms with Crippen molar-refractivity contribution in [2.45, 2.75) is 52.1 Å². The molecule has 1 aliphatic carbocycles. The van der Waals surface area contributed by atoms with E-state index in [0.717, 1.165) is 32.1 Å². The van der Waals surface area contributed by atoms with Gasteiger partial charge in [-0.3, -0.25) is 0 Å². The van der Waals surface area contributed by atoms with Crippen LogP contribution in [0.15, 0.2) is 11.6 Å². The van der Waals surface area contributed by atoms with E-state index >= 15 is 0 Å². The fraction of sp³-hybridized carbons (Fsp3) is 0.833. The van der Waals surface area contributed by atoms with E-state index in [1.807, 2.05) is 0 Å². The van der Waals surface area contributed by atoms with E-state index in [9.17, 15) is 5.11 Å². The first-order chi connectivity index (χ1) is 6.58. The Morgan fingerprint density at radius 2 is 2.29 bits per heavy atom. The molecule has 2 atom stereocenters. The number of hydrogen-bond donors (Lipinski definition) is 2. The minimum absolute atomic E-state index is 0.0273. The number of rotatable bonds is 3. The zero-order valence-electron chi connectivity index (χ0n) is 9.29. The third kappa shape index (κ3) is 2.82. The molecule has 0 radical (unpaired) electrons. The smallest absolute Gasteiger partial charge is 0.0599 e. The highest BCUT2D eigenvalue weighted by atomic mass is 16.3. The zero-order chi connectivity index (χ0) is 10.6. The summed E-state index contributed by atoms with van der Waals surface area (Å²) < 4.78 is 0. The highest BCUT2D eigenvalue weighted by Gasteiger charge is 2.32. The number of hydrogen-bond acceptors (Lipinski definition) is 2. The summed E-state index contributed by atoms with van der Waals surface area (Å²) in [5, 5.41) is 18.9. The van der Waals surface area contributed by atoms with Crippen molar-refractivity contribution in [2.24, 2.45) is 5.41 Å². The highest BCUT2D eigenvalue weighted by molar-refractivity contribution is 5.05. The summed E-state index contributed by atoms with van der Waals surface area (Å²) in [6.07, 6.45) is 6.55. The molecule has 1 rings (SSSR count). The number of aliphatic hydroxyl groups is 2. The van der Waals surface area contributed by atoms with Gasteiger partial charge in [-0.05, 0) is 44.4 Å². The minimum atomic E-state index is -0.220. The second-order valence-electron chi connectivity index (χ2n) is 4.79. The molecule has 0 fully saturated rings. The quantitative estimate of drug-likeness (QED) is 0.683. The lowest BCUT2D eigenvalue weighted by molar-refractivity contribution is 0.0249. The molecule has 1 unspecified atom stereocenters. The zero-order valence-corrected chi connectivity index (χ0v) is 9.29. The van der Waals surface area contributed by atoms with Crippen molar-refractivity contribution in [3.05, 3.63) is 11.6 Å². The maximum Gasteiger partial charge on any atom is 0.0599 e. The predicted octanol–water partition coefficient (Wildman–Crippen LogP) is 2.26. The Kier molecular flexibility index (Phi) is 4.14. The molecule has 2 heteroatoms. The molecule has 0 aromatic heterocycles. The van der Waals surface area contributed by atoms with Crippen molar-refractivity contribution in [3.63, 3.8) is 0 Å². The monoisotopic (exact) mass is 198 g/mol. The van der Waals surface area contributed by atoms with Gasteiger partial charge in [0.25, 0.3) is 0 Å². The summed E-state index contributed by atoms with van der Waals surface area (Å²) in [5.74, 6) is 0. The topological polar surface area (TPSA) is 40.5 Å². The lowest BCUT2D eigenvalue weighted by atomic mass is 9.77. The van der Waals surface area contributed by atoms with Gasteiger partial charge in [0.05, 0.1) is 6.10 Å². The van der Waals surface area contributed by atoms with E-state index in [4.69, 9.17) is 5.11 Å². The fourth-order valence-corrected chi connectivity index (χ4v) is 2.11. The van der Waals surface area contributed by atoms with Crippen LogP contribution >= 0.6 is 0 Å². The van der Waals surface area contributed by atoms with Crippen molar-refractivity contribution >= 4 is 0 Å². The van der Waals surface area contributed by atoms with Gasteiger partial charge in [0.15, 0.2) is 0 Å². The van der Waals surface area contributed by atoms with E-state index < -0.39 is 0 Å². The maximum atomic E-state index is 10.0. The van der Waals surface area contributed by atoms with Gasteiger partial charge in [-0.25, -0.2) is 0 Å². The van der Waals surface area contributed by atoms with E-state index in [1.54, 1.807) is 0 Å². The van der Waals surface area contributed by atoms with Gasteiger partial charge >= 0.3 is 0 Å². The molecule has 0 bridgehead atoms. The van der Waals surface area contributed by atoms with Gasteiger partial charge in [0.2, 0.25) is 0 Å². The maximum absolute atomic E-state index is 10.0. The summed E-state index contributed by atoms with van der Waals surface area (Å²) in [5.41, 5.74) is 1.36. The fourth-order valence-electron chi connectivity index (χ4n) is 2.11. The third-order valence-corrected chi connectivity index (χ3v) is 3.44. The Bertz CT molecular complexity index is 210. The van der Waals surface area contributed by atoms with Gasteiger partial charge in [0.1, 0.15) is 0 Å². The second kappa shape index (κ2) is 4.94. The van der Waals surface area contributed by atoms with Crippen molar-refractivity contribution in [1.82, 2.24) is 0 Å². The normalized spacial score (nSPS) is 33.7. The molecule has 0 aromatic carbocycles. The molecule has 0 saturated heterocycles. The molecule has 0 amide bonds. The van der Waals surface area contributed by atoms with Crippen LogP contribution in [0.25, 0.3) is 0 Å². The Morgan fingerprint density at radius 3 is 2.93 bits per heavy atom. The standard InChI is InChI=1S/C12H22O2/c1-10-4-5-11(14)12(2,8-6-10)7-3-9-13/h6,11,13-14H,3-5,7-9H2,1-2H3/t11?,12-/m0/s1. The first kappa shape index (κ1) is 11.7. The lowest BCUT2D eigenvalue weighted by Gasteiger charge is -2.32. The van der Waals surface area contributed by atoms with E-state index in [0.29, 0.717) is 0 Å². The molecule has 0 aromatic rings. The average molecular weight is 198 g/mol. The van der Waals surface area contributed by atoms with Crippen LogP contribution in [0.4, 0.5) is 0 Å². The molecule has 82 valence electrons. The summed E-state index contributed by atoms with van der Waals surface area (Å²) in [7, 11) is 0. The van der Waals surface area contributed by atoms with Crippen LogP contribution in [0, 0.1) is 5.41 Å². The van der Waals surface area contributed by atoms with Crippen LogP contribution in [0.1, 0.15) is 46.0 Å². The third-order valence-electron chi connectivity index (χ3n) is 3.44. The summed E-state index contributed by atoms with van der Waals surface area (Å²) in [4.78, 5) is 0. The SMILES string of the molecule is CC1=CC[C@](C)(CCCO)C(O)CC1. The molecule has 1 aliphatic rings. The molecule has 0 saturated carbocycles. The Balaban J connectivity index is 2.63. The predicted molar refractivity (Wildman–Crippen MR) is 58.0 cm³/mol. The Labute approximate surface area is 86.6 Å². The molecular weight excluding hydrogens is 176 g/mol. The average Bonchev–Trinajstić information content (AvgIpc) is 2.30. The van der Waals surface area contributed by atoms with E-state index in [1.165, 1.54) is 5.57 Å². The molecule has 0 heterocycles. The molecule has 14 heavy (non-hydrogen) atoms. The van der Waals surface area contributed by atoms with Gasteiger partial charge in [-0.2, -0.15) is 0 Å². The molecule has 2 N–H and O–H groups in total. The highest BCUT2D eigenvalue weighted by Crippen LogP contribution is 2.37. The lowest BCUT2D eigenvalue weighted by Crippen LogP contribution is -2.31. The van der Waals surface area contributed by atoms with Crippen molar-refractivity contribution < 1.29 is 10.2 Å². The summed E-state index contributed by atoms with van der Waals surface area (Å²) in [6, 6.07) is 0. The van der Waals surface area contributed by atoms with Crippen molar-refractivity contribution in [2.75, 3.05) is 6.61 Å². The van der Waals surface area contributed by atoms with Crippen LogP contribution in [-0.4, -0.2) is 22.9 Å². The largest absolute Gasteiger partial charge is 0.396 e. The van der Waals surface area contributed by atoms with Crippen LogP contribution < -0.4 is 0 Å². The minimum Gasteiger partial charge on any atom is -0.396 e. The van der Waals surface area contributed by atoms with Gasteiger partial charge < -0.3 is 10.2 Å². The first-order valence-corrected chi connectivity index (χ1v) is 5.53. The Morgan fingerprint density at radius 1 is 1.57 bits per heavy atom. The molecule has 0 spiro atoms. The van der Waals surface area contributed by atoms with Crippen LogP contribution in [0.5, 0.6) is 0 Å². The molecule has 0 aliphatic heterocycles. The van der Waals surface area contributed by atoms with Crippen LogP contribution in [0.3, 0.4) is 0 Å². The van der Waals surface area contributed by atoms with E-state index in [-0.39, 0.29) is 18.1 Å².